The number of benzene rings is 2. The maximum Gasteiger partial charge on any atom is 0.292 e. The molecule has 7 heteroatoms. The van der Waals surface area contributed by atoms with E-state index >= 15 is 0 Å². The molecule has 1 amide bonds. The number of carbonyl (C=O) groups is 1. The minimum absolute atomic E-state index is 0.0203. The topological polar surface area (TPSA) is 98.7 Å². The molecule has 0 unspecified atom stereocenters. The van der Waals surface area contributed by atoms with Crippen molar-refractivity contribution in [1.29, 1.82) is 0 Å². The minimum atomic E-state index is -0.511. The maximum atomic E-state index is 12.4. The smallest absolute Gasteiger partial charge is 0.292 e. The molecule has 1 heterocycles. The van der Waals surface area contributed by atoms with Crippen LogP contribution in [0.4, 0.5) is 11.4 Å². The van der Waals surface area contributed by atoms with Crippen molar-refractivity contribution >= 4 is 17.3 Å². The SMILES string of the molecule is Nc1cc(-c2ccc(C(=O)N3CCOCC3)cc2)ccc1[N+](=O)[O-]. The van der Waals surface area contributed by atoms with Gasteiger partial charge in [0.25, 0.3) is 11.6 Å². The average Bonchev–Trinajstić information content (AvgIpc) is 2.61. The summed E-state index contributed by atoms with van der Waals surface area (Å²) >= 11 is 0. The molecule has 2 aromatic carbocycles. The lowest BCUT2D eigenvalue weighted by molar-refractivity contribution is -0.383. The Morgan fingerprint density at radius 2 is 1.71 bits per heavy atom. The lowest BCUT2D eigenvalue weighted by Gasteiger charge is -2.26. The van der Waals surface area contributed by atoms with Crippen LogP contribution in [-0.2, 0) is 4.74 Å². The molecule has 0 radical (unpaired) electrons. The number of hydrogen-bond donors (Lipinski definition) is 1. The van der Waals surface area contributed by atoms with Crippen molar-refractivity contribution < 1.29 is 14.5 Å². The van der Waals surface area contributed by atoms with E-state index in [-0.39, 0.29) is 17.3 Å². The van der Waals surface area contributed by atoms with Crippen LogP contribution < -0.4 is 5.73 Å². The van der Waals surface area contributed by atoms with Crippen molar-refractivity contribution in [2.45, 2.75) is 0 Å². The van der Waals surface area contributed by atoms with E-state index in [2.05, 4.69) is 0 Å². The van der Waals surface area contributed by atoms with Crippen molar-refractivity contribution in [2.75, 3.05) is 32.0 Å². The first-order chi connectivity index (χ1) is 11.6. The first kappa shape index (κ1) is 15.9. The van der Waals surface area contributed by atoms with Gasteiger partial charge in [0.1, 0.15) is 5.69 Å². The van der Waals surface area contributed by atoms with Crippen LogP contribution in [0.1, 0.15) is 10.4 Å². The number of rotatable bonds is 3. The van der Waals surface area contributed by atoms with Crippen LogP contribution in [0.25, 0.3) is 11.1 Å². The Labute approximate surface area is 138 Å². The Hall–Kier alpha value is -2.93. The van der Waals surface area contributed by atoms with Crippen LogP contribution in [0.15, 0.2) is 42.5 Å². The summed E-state index contributed by atoms with van der Waals surface area (Å²) in [6.45, 7) is 2.32. The van der Waals surface area contributed by atoms with Crippen molar-refractivity contribution in [3.63, 3.8) is 0 Å². The molecule has 0 aromatic heterocycles. The Kier molecular flexibility index (Phi) is 4.43. The minimum Gasteiger partial charge on any atom is -0.393 e. The van der Waals surface area contributed by atoms with Gasteiger partial charge in [-0.05, 0) is 35.4 Å². The Balaban J connectivity index is 1.80. The molecule has 1 fully saturated rings. The van der Waals surface area contributed by atoms with E-state index in [4.69, 9.17) is 10.5 Å². The summed E-state index contributed by atoms with van der Waals surface area (Å²) < 4.78 is 5.25. The molecule has 3 rings (SSSR count). The fraction of sp³-hybridized carbons (Fsp3) is 0.235. The molecule has 0 bridgehead atoms. The molecule has 0 saturated carbocycles. The van der Waals surface area contributed by atoms with E-state index in [1.165, 1.54) is 6.07 Å². The molecule has 2 N–H and O–H groups in total. The van der Waals surface area contributed by atoms with Gasteiger partial charge in [-0.3, -0.25) is 14.9 Å². The summed E-state index contributed by atoms with van der Waals surface area (Å²) in [5, 5.41) is 10.8. The highest BCUT2D eigenvalue weighted by Gasteiger charge is 2.18. The van der Waals surface area contributed by atoms with Crippen LogP contribution in [0.2, 0.25) is 0 Å². The highest BCUT2D eigenvalue weighted by Crippen LogP contribution is 2.28. The molecule has 7 nitrogen and oxygen atoms in total. The number of nitrogens with zero attached hydrogens (tertiary/aromatic N) is 2. The number of nitrogens with two attached hydrogens (primary N) is 1. The van der Waals surface area contributed by atoms with Gasteiger partial charge in [-0.1, -0.05) is 12.1 Å². The van der Waals surface area contributed by atoms with E-state index in [1.54, 1.807) is 29.2 Å². The molecule has 0 aliphatic carbocycles. The number of anilines is 1. The standard InChI is InChI=1S/C17H17N3O4/c18-15-11-14(5-6-16(15)20(22)23)12-1-3-13(4-2-12)17(21)19-7-9-24-10-8-19/h1-6,11H,7-10,18H2. The second-order valence-electron chi connectivity index (χ2n) is 5.51. The highest BCUT2D eigenvalue weighted by molar-refractivity contribution is 5.94. The zero-order valence-electron chi connectivity index (χ0n) is 13.0. The quantitative estimate of drug-likeness (QED) is 0.530. The van der Waals surface area contributed by atoms with Gasteiger partial charge in [0.15, 0.2) is 0 Å². The molecule has 1 saturated heterocycles. The fourth-order valence-electron chi connectivity index (χ4n) is 2.65. The number of carbonyl (C=O) groups excluding carboxylic acids is 1. The second kappa shape index (κ2) is 6.67. The van der Waals surface area contributed by atoms with Gasteiger partial charge < -0.3 is 15.4 Å². The normalized spacial score (nSPS) is 14.4. The van der Waals surface area contributed by atoms with Gasteiger partial charge in [0.05, 0.1) is 18.1 Å². The summed E-state index contributed by atoms with van der Waals surface area (Å²) in [5.74, 6) is -0.0203. The Morgan fingerprint density at radius 3 is 2.29 bits per heavy atom. The fourth-order valence-corrected chi connectivity index (χ4v) is 2.65. The molecular weight excluding hydrogens is 310 g/mol. The van der Waals surface area contributed by atoms with Gasteiger partial charge in [-0.15, -0.1) is 0 Å². The van der Waals surface area contributed by atoms with E-state index in [1.807, 2.05) is 12.1 Å². The van der Waals surface area contributed by atoms with Crippen LogP contribution in [0.3, 0.4) is 0 Å². The Morgan fingerprint density at radius 1 is 1.08 bits per heavy atom. The van der Waals surface area contributed by atoms with Crippen molar-refractivity contribution in [1.82, 2.24) is 4.90 Å². The maximum absolute atomic E-state index is 12.4. The largest absolute Gasteiger partial charge is 0.393 e. The number of morpholine rings is 1. The lowest BCUT2D eigenvalue weighted by Crippen LogP contribution is -2.40. The highest BCUT2D eigenvalue weighted by atomic mass is 16.6. The van der Waals surface area contributed by atoms with Crippen molar-refractivity contribution in [2.24, 2.45) is 0 Å². The second-order valence-corrected chi connectivity index (χ2v) is 5.51. The molecule has 2 aromatic rings. The monoisotopic (exact) mass is 327 g/mol. The number of nitrogen functional groups attached to an aromatic ring is 1. The third-order valence-electron chi connectivity index (χ3n) is 3.99. The van der Waals surface area contributed by atoms with E-state index in [9.17, 15) is 14.9 Å². The van der Waals surface area contributed by atoms with Crippen LogP contribution in [-0.4, -0.2) is 42.0 Å². The predicted molar refractivity (Wildman–Crippen MR) is 89.7 cm³/mol. The van der Waals surface area contributed by atoms with Gasteiger partial charge in [-0.2, -0.15) is 0 Å². The number of ether oxygens (including phenoxy) is 1. The summed E-state index contributed by atoms with van der Waals surface area (Å²) in [6.07, 6.45) is 0. The van der Waals surface area contributed by atoms with E-state index < -0.39 is 4.92 Å². The summed E-state index contributed by atoms with van der Waals surface area (Å²) in [5.41, 5.74) is 7.94. The van der Waals surface area contributed by atoms with Gasteiger partial charge in [0, 0.05) is 24.7 Å². The van der Waals surface area contributed by atoms with Crippen LogP contribution in [0, 0.1) is 10.1 Å². The molecule has 1 aliphatic rings. The average molecular weight is 327 g/mol. The molecule has 1 aliphatic heterocycles. The molecule has 0 atom stereocenters. The predicted octanol–water partition coefficient (Wildman–Crippen LogP) is 2.32. The first-order valence-corrected chi connectivity index (χ1v) is 7.57. The van der Waals surface area contributed by atoms with Gasteiger partial charge in [0.2, 0.25) is 0 Å². The summed E-state index contributed by atoms with van der Waals surface area (Å²) in [6, 6.07) is 11.7. The molecular formula is C17H17N3O4. The van der Waals surface area contributed by atoms with Gasteiger partial charge >= 0.3 is 0 Å². The number of nitro benzene ring substituents is 1. The zero-order chi connectivity index (χ0) is 17.1. The van der Waals surface area contributed by atoms with Crippen molar-refractivity contribution in [3.05, 3.63) is 58.1 Å². The number of nitro groups is 1. The third kappa shape index (κ3) is 3.21. The zero-order valence-corrected chi connectivity index (χ0v) is 13.0. The lowest BCUT2D eigenvalue weighted by atomic mass is 10.0. The van der Waals surface area contributed by atoms with Crippen LogP contribution >= 0.6 is 0 Å². The van der Waals surface area contributed by atoms with E-state index in [0.29, 0.717) is 31.9 Å². The third-order valence-corrected chi connectivity index (χ3v) is 3.99. The summed E-state index contributed by atoms with van der Waals surface area (Å²) in [7, 11) is 0. The first-order valence-electron chi connectivity index (χ1n) is 7.57. The van der Waals surface area contributed by atoms with E-state index in [0.717, 1.165) is 11.1 Å². The van der Waals surface area contributed by atoms with Crippen LogP contribution in [0.5, 0.6) is 0 Å². The molecule has 0 spiro atoms. The van der Waals surface area contributed by atoms with Gasteiger partial charge in [-0.25, -0.2) is 0 Å². The molecule has 124 valence electrons. The number of hydrogen-bond acceptors (Lipinski definition) is 5. The Bertz CT molecular complexity index is 768. The number of amides is 1. The summed E-state index contributed by atoms with van der Waals surface area (Å²) in [4.78, 5) is 24.5. The van der Waals surface area contributed by atoms with Crippen molar-refractivity contribution in [3.8, 4) is 11.1 Å². The molecule has 24 heavy (non-hydrogen) atoms.